The fourth-order valence-electron chi connectivity index (χ4n) is 0.440. The molecule has 50 valence electrons. The Morgan fingerprint density at radius 2 is 2.30 bits per heavy atom. The van der Waals surface area contributed by atoms with Gasteiger partial charge in [-0.1, -0.05) is 11.6 Å². The summed E-state index contributed by atoms with van der Waals surface area (Å²) in [5.74, 6) is 0.395. The highest BCUT2D eigenvalue weighted by Gasteiger charge is 1.91. The summed E-state index contributed by atoms with van der Waals surface area (Å²) in [6.07, 6.45) is 1.71. The minimum absolute atomic E-state index is 0.309. The molecule has 0 radical (unpaired) electrons. The van der Waals surface area contributed by atoms with E-state index >= 15 is 0 Å². The molecule has 1 rings (SSSR count). The molecule has 0 unspecified atom stereocenters. The van der Waals surface area contributed by atoms with Gasteiger partial charge in [-0.05, 0) is 12.1 Å². The van der Waals surface area contributed by atoms with Crippen LogP contribution in [0.5, 0.6) is 0 Å². The third kappa shape index (κ3) is 1.57. The van der Waals surface area contributed by atoms with Crippen LogP contribution in [0.15, 0.2) is 12.1 Å². The van der Waals surface area contributed by atoms with Gasteiger partial charge in [0.25, 0.3) is 0 Å². The van der Waals surface area contributed by atoms with Gasteiger partial charge in [-0.3, -0.25) is 5.32 Å². The Morgan fingerprint density at radius 1 is 1.50 bits per heavy atom. The summed E-state index contributed by atoms with van der Waals surface area (Å²) in [5, 5.41) is 17.8. The molecule has 0 amide bonds. The predicted octanol–water partition coefficient (Wildman–Crippen LogP) is 1.02. The maximum atomic E-state index is 8.13. The van der Waals surface area contributed by atoms with Crippen molar-refractivity contribution in [3.8, 4) is 6.19 Å². The van der Waals surface area contributed by atoms with Crippen LogP contribution in [0.2, 0.25) is 5.15 Å². The normalized spacial score (nSPS) is 8.40. The molecular weight excluding hydrogens is 152 g/mol. The number of nitrogens with one attached hydrogen (secondary N) is 1. The maximum absolute atomic E-state index is 8.13. The van der Waals surface area contributed by atoms with Crippen LogP contribution in [0.25, 0.3) is 0 Å². The monoisotopic (exact) mass is 154 g/mol. The highest BCUT2D eigenvalue weighted by Crippen LogP contribution is 2.04. The molecule has 0 aromatic carbocycles. The van der Waals surface area contributed by atoms with Gasteiger partial charge in [0.2, 0.25) is 0 Å². The minimum atomic E-state index is 0.309. The summed E-state index contributed by atoms with van der Waals surface area (Å²) in [6, 6.07) is 3.12. The zero-order valence-corrected chi connectivity index (χ0v) is 5.63. The van der Waals surface area contributed by atoms with Crippen LogP contribution in [-0.2, 0) is 0 Å². The first-order valence-electron chi connectivity index (χ1n) is 2.47. The Morgan fingerprint density at radius 3 is 2.80 bits per heavy atom. The lowest BCUT2D eigenvalue weighted by molar-refractivity contribution is 1.04. The molecule has 0 aliphatic heterocycles. The van der Waals surface area contributed by atoms with Gasteiger partial charge in [0.05, 0.1) is 0 Å². The average molecular weight is 155 g/mol. The number of nitriles is 1. The molecule has 0 aliphatic carbocycles. The summed E-state index contributed by atoms with van der Waals surface area (Å²) < 4.78 is 0. The number of rotatable bonds is 1. The molecule has 0 atom stereocenters. The first kappa shape index (κ1) is 6.78. The molecule has 4 nitrogen and oxygen atoms in total. The molecule has 10 heavy (non-hydrogen) atoms. The third-order valence-electron chi connectivity index (χ3n) is 0.816. The van der Waals surface area contributed by atoms with Crippen LogP contribution in [-0.4, -0.2) is 10.2 Å². The van der Waals surface area contributed by atoms with Gasteiger partial charge in [0.15, 0.2) is 17.2 Å². The van der Waals surface area contributed by atoms with E-state index in [1.165, 1.54) is 0 Å². The summed E-state index contributed by atoms with van der Waals surface area (Å²) in [7, 11) is 0. The Balaban J connectivity index is 2.81. The van der Waals surface area contributed by atoms with E-state index in [-0.39, 0.29) is 0 Å². The number of aromatic nitrogens is 2. The van der Waals surface area contributed by atoms with E-state index in [4.69, 9.17) is 16.9 Å². The lowest BCUT2D eigenvalue weighted by atomic mass is 10.5. The van der Waals surface area contributed by atoms with E-state index in [1.54, 1.807) is 18.3 Å². The molecule has 5 heteroatoms. The topological polar surface area (TPSA) is 61.6 Å². The SMILES string of the molecule is N#CNc1ccc(Cl)nn1. The van der Waals surface area contributed by atoms with Gasteiger partial charge in [-0.2, -0.15) is 5.26 Å². The van der Waals surface area contributed by atoms with Crippen molar-refractivity contribution in [2.75, 3.05) is 5.32 Å². The molecule has 1 heterocycles. The van der Waals surface area contributed by atoms with Crippen molar-refractivity contribution >= 4 is 17.4 Å². The van der Waals surface area contributed by atoms with Gasteiger partial charge in [0.1, 0.15) is 0 Å². The largest absolute Gasteiger partial charge is 0.275 e. The zero-order chi connectivity index (χ0) is 7.40. The van der Waals surface area contributed by atoms with E-state index in [0.717, 1.165) is 0 Å². The average Bonchev–Trinajstić information content (AvgIpc) is 1.95. The van der Waals surface area contributed by atoms with Gasteiger partial charge >= 0.3 is 0 Å². The smallest absolute Gasteiger partial charge is 0.182 e. The Hall–Kier alpha value is -1.34. The highest BCUT2D eigenvalue weighted by molar-refractivity contribution is 6.29. The molecule has 1 aromatic rings. The van der Waals surface area contributed by atoms with Crippen molar-refractivity contribution in [2.45, 2.75) is 0 Å². The van der Waals surface area contributed by atoms with E-state index in [1.807, 2.05) is 0 Å². The fourth-order valence-corrected chi connectivity index (χ4v) is 0.541. The van der Waals surface area contributed by atoms with E-state index in [2.05, 4.69) is 15.5 Å². The third-order valence-corrected chi connectivity index (χ3v) is 1.02. The number of nitrogens with zero attached hydrogens (tertiary/aromatic N) is 3. The minimum Gasteiger partial charge on any atom is -0.275 e. The summed E-state index contributed by atoms with van der Waals surface area (Å²) in [5.41, 5.74) is 0. The van der Waals surface area contributed by atoms with E-state index in [9.17, 15) is 0 Å². The van der Waals surface area contributed by atoms with Crippen molar-refractivity contribution < 1.29 is 0 Å². The summed E-state index contributed by atoms with van der Waals surface area (Å²) in [4.78, 5) is 0. The van der Waals surface area contributed by atoms with Gasteiger partial charge < -0.3 is 0 Å². The quantitative estimate of drug-likeness (QED) is 0.485. The second-order valence-corrected chi connectivity index (χ2v) is 1.87. The van der Waals surface area contributed by atoms with E-state index < -0.39 is 0 Å². The van der Waals surface area contributed by atoms with E-state index in [0.29, 0.717) is 11.0 Å². The first-order valence-corrected chi connectivity index (χ1v) is 2.85. The zero-order valence-electron chi connectivity index (χ0n) is 4.87. The van der Waals surface area contributed by atoms with Crippen molar-refractivity contribution in [3.63, 3.8) is 0 Å². The Kier molecular flexibility index (Phi) is 2.03. The van der Waals surface area contributed by atoms with Crippen LogP contribution in [0.3, 0.4) is 0 Å². The van der Waals surface area contributed by atoms with Gasteiger partial charge in [-0.25, -0.2) is 0 Å². The Labute approximate surface area is 62.4 Å². The van der Waals surface area contributed by atoms with Crippen molar-refractivity contribution in [3.05, 3.63) is 17.3 Å². The van der Waals surface area contributed by atoms with Crippen LogP contribution in [0.4, 0.5) is 5.82 Å². The molecular formula is C5H3ClN4. The van der Waals surface area contributed by atoms with Crippen LogP contribution in [0.1, 0.15) is 0 Å². The lowest BCUT2D eigenvalue weighted by Gasteiger charge is -1.91. The summed E-state index contributed by atoms with van der Waals surface area (Å²) in [6.45, 7) is 0. The predicted molar refractivity (Wildman–Crippen MR) is 36.3 cm³/mol. The number of hydrogen-bond acceptors (Lipinski definition) is 4. The van der Waals surface area contributed by atoms with Crippen LogP contribution in [0, 0.1) is 11.5 Å². The molecule has 0 saturated carbocycles. The molecule has 0 bridgehead atoms. The maximum Gasteiger partial charge on any atom is 0.182 e. The molecule has 0 spiro atoms. The second kappa shape index (κ2) is 2.99. The number of hydrogen-bond donors (Lipinski definition) is 1. The van der Waals surface area contributed by atoms with Crippen molar-refractivity contribution in [2.24, 2.45) is 0 Å². The van der Waals surface area contributed by atoms with Crippen molar-refractivity contribution in [1.29, 1.82) is 5.26 Å². The van der Waals surface area contributed by atoms with Gasteiger partial charge in [-0.15, -0.1) is 10.2 Å². The number of anilines is 1. The molecule has 0 fully saturated rings. The molecule has 1 N–H and O–H groups in total. The number of halogens is 1. The van der Waals surface area contributed by atoms with Crippen molar-refractivity contribution in [1.82, 2.24) is 10.2 Å². The molecule has 0 saturated heterocycles. The summed E-state index contributed by atoms with van der Waals surface area (Å²) >= 11 is 5.43. The molecule has 0 aliphatic rings. The standard InChI is InChI=1S/C5H3ClN4/c6-4-1-2-5(8-3-7)10-9-4/h1-2H,(H,8,10). The van der Waals surface area contributed by atoms with Crippen LogP contribution < -0.4 is 5.32 Å². The highest BCUT2D eigenvalue weighted by atomic mass is 35.5. The van der Waals surface area contributed by atoms with Crippen LogP contribution >= 0.6 is 11.6 Å². The Bertz CT molecular complexity index is 249. The fraction of sp³-hybridized carbons (Fsp3) is 0. The lowest BCUT2D eigenvalue weighted by Crippen LogP contribution is -1.92. The molecule has 1 aromatic heterocycles. The second-order valence-electron chi connectivity index (χ2n) is 1.48. The first-order chi connectivity index (χ1) is 4.83. The van der Waals surface area contributed by atoms with Gasteiger partial charge in [0, 0.05) is 0 Å².